The Labute approximate surface area is 134 Å². The van der Waals surface area contributed by atoms with Gasteiger partial charge >= 0.3 is 0 Å². The van der Waals surface area contributed by atoms with Gasteiger partial charge in [-0.15, -0.1) is 12.6 Å². The average molecular weight is 401 g/mol. The zero-order valence-corrected chi connectivity index (χ0v) is 14.1. The number of benzene rings is 2. The molecule has 0 unspecified atom stereocenters. The van der Waals surface area contributed by atoms with Gasteiger partial charge in [-0.1, -0.05) is 22.0 Å². The monoisotopic (exact) mass is 399 g/mol. The number of halogens is 2. The lowest BCUT2D eigenvalue weighted by Gasteiger charge is -2.09. The molecule has 0 saturated heterocycles. The van der Waals surface area contributed by atoms with Crippen molar-refractivity contribution >= 4 is 56.1 Å². The Hall–Kier alpha value is -0.780. The van der Waals surface area contributed by atoms with Crippen LogP contribution >= 0.6 is 44.5 Å². The standard InChI is InChI=1S/C14H11Br2NOS/c1-8-2-5-12(11(16)6-8)17-14(18)10-4-3-9(15)7-13(10)19/h2-7,19H,1H3,(H,17,18). The first kappa shape index (κ1) is 14.6. The van der Waals surface area contributed by atoms with Gasteiger partial charge < -0.3 is 5.32 Å². The fourth-order valence-electron chi connectivity index (χ4n) is 1.61. The van der Waals surface area contributed by atoms with Gasteiger partial charge in [-0.3, -0.25) is 4.79 Å². The van der Waals surface area contributed by atoms with E-state index in [2.05, 4.69) is 49.8 Å². The van der Waals surface area contributed by atoms with Gasteiger partial charge in [0.05, 0.1) is 11.3 Å². The first-order chi connectivity index (χ1) is 8.97. The van der Waals surface area contributed by atoms with E-state index in [4.69, 9.17) is 0 Å². The molecule has 0 aromatic heterocycles. The topological polar surface area (TPSA) is 29.1 Å². The molecule has 98 valence electrons. The lowest BCUT2D eigenvalue weighted by atomic mass is 10.2. The van der Waals surface area contributed by atoms with E-state index < -0.39 is 0 Å². The van der Waals surface area contributed by atoms with Gasteiger partial charge in [0.1, 0.15) is 0 Å². The number of rotatable bonds is 2. The van der Waals surface area contributed by atoms with Crippen LogP contribution in [0.25, 0.3) is 0 Å². The van der Waals surface area contributed by atoms with E-state index in [0.29, 0.717) is 10.5 Å². The summed E-state index contributed by atoms with van der Waals surface area (Å²) in [6, 6.07) is 11.1. The molecule has 19 heavy (non-hydrogen) atoms. The second-order valence-corrected chi connectivity index (χ2v) is 6.35. The third-order valence-corrected chi connectivity index (χ3v) is 4.10. The average Bonchev–Trinajstić information content (AvgIpc) is 2.32. The number of anilines is 1. The molecule has 0 heterocycles. The van der Waals surface area contributed by atoms with Gasteiger partial charge in [0.15, 0.2) is 0 Å². The van der Waals surface area contributed by atoms with E-state index in [0.717, 1.165) is 20.2 Å². The summed E-state index contributed by atoms with van der Waals surface area (Å²) in [5, 5.41) is 2.86. The fraction of sp³-hybridized carbons (Fsp3) is 0.0714. The van der Waals surface area contributed by atoms with Crippen molar-refractivity contribution in [3.63, 3.8) is 0 Å². The molecule has 0 radical (unpaired) electrons. The minimum atomic E-state index is -0.179. The maximum atomic E-state index is 12.2. The molecule has 2 aromatic rings. The van der Waals surface area contributed by atoms with Crippen LogP contribution in [-0.4, -0.2) is 5.91 Å². The Balaban J connectivity index is 2.25. The number of carbonyl (C=O) groups is 1. The van der Waals surface area contributed by atoms with Gasteiger partial charge in [0.25, 0.3) is 5.91 Å². The van der Waals surface area contributed by atoms with Crippen LogP contribution in [0.5, 0.6) is 0 Å². The second-order valence-electron chi connectivity index (χ2n) is 4.10. The largest absolute Gasteiger partial charge is 0.321 e. The van der Waals surface area contributed by atoms with Crippen molar-refractivity contribution in [2.75, 3.05) is 5.32 Å². The van der Waals surface area contributed by atoms with Crippen molar-refractivity contribution in [2.45, 2.75) is 11.8 Å². The molecule has 0 atom stereocenters. The number of nitrogens with one attached hydrogen (secondary N) is 1. The maximum absolute atomic E-state index is 12.2. The minimum absolute atomic E-state index is 0.179. The molecule has 0 aliphatic heterocycles. The Morgan fingerprint density at radius 2 is 1.89 bits per heavy atom. The van der Waals surface area contributed by atoms with Crippen molar-refractivity contribution in [1.29, 1.82) is 0 Å². The van der Waals surface area contributed by atoms with Crippen LogP contribution in [0, 0.1) is 6.92 Å². The molecule has 0 aliphatic carbocycles. The summed E-state index contributed by atoms with van der Waals surface area (Å²) in [7, 11) is 0. The molecular weight excluding hydrogens is 390 g/mol. The third kappa shape index (κ3) is 3.61. The van der Waals surface area contributed by atoms with E-state index >= 15 is 0 Å². The molecule has 0 aliphatic rings. The summed E-state index contributed by atoms with van der Waals surface area (Å²) >= 11 is 11.1. The lowest BCUT2D eigenvalue weighted by molar-refractivity contribution is 0.102. The highest BCUT2D eigenvalue weighted by molar-refractivity contribution is 9.10. The van der Waals surface area contributed by atoms with Gasteiger partial charge in [-0.05, 0) is 58.7 Å². The van der Waals surface area contributed by atoms with Crippen LogP contribution in [-0.2, 0) is 0 Å². The van der Waals surface area contributed by atoms with Crippen molar-refractivity contribution < 1.29 is 4.79 Å². The van der Waals surface area contributed by atoms with E-state index in [1.165, 1.54) is 0 Å². The first-order valence-corrected chi connectivity index (χ1v) is 7.56. The molecule has 0 saturated carbocycles. The van der Waals surface area contributed by atoms with E-state index in [1.54, 1.807) is 12.1 Å². The summed E-state index contributed by atoms with van der Waals surface area (Å²) < 4.78 is 1.75. The highest BCUT2D eigenvalue weighted by Crippen LogP contribution is 2.25. The molecule has 0 bridgehead atoms. The number of hydrogen-bond donors (Lipinski definition) is 2. The quantitative estimate of drug-likeness (QED) is 0.677. The molecule has 1 N–H and O–H groups in total. The molecule has 1 amide bonds. The number of carbonyl (C=O) groups excluding carboxylic acids is 1. The predicted molar refractivity (Wildman–Crippen MR) is 88.2 cm³/mol. The third-order valence-electron chi connectivity index (χ3n) is 2.58. The Bertz CT molecular complexity index is 643. The maximum Gasteiger partial charge on any atom is 0.256 e. The van der Waals surface area contributed by atoms with Crippen LogP contribution in [0.1, 0.15) is 15.9 Å². The smallest absolute Gasteiger partial charge is 0.256 e. The van der Waals surface area contributed by atoms with E-state index in [9.17, 15) is 4.79 Å². The predicted octanol–water partition coefficient (Wildman–Crippen LogP) is 5.06. The van der Waals surface area contributed by atoms with E-state index in [-0.39, 0.29) is 5.91 Å². The van der Waals surface area contributed by atoms with Crippen LogP contribution in [0.15, 0.2) is 50.2 Å². The molecule has 2 aromatic carbocycles. The number of amides is 1. The van der Waals surface area contributed by atoms with Gasteiger partial charge in [0.2, 0.25) is 0 Å². The molecule has 2 nitrogen and oxygen atoms in total. The zero-order valence-electron chi connectivity index (χ0n) is 10.1. The highest BCUT2D eigenvalue weighted by atomic mass is 79.9. The van der Waals surface area contributed by atoms with Crippen LogP contribution in [0.3, 0.4) is 0 Å². The Morgan fingerprint density at radius 1 is 1.16 bits per heavy atom. The molecule has 2 rings (SSSR count). The Morgan fingerprint density at radius 3 is 2.53 bits per heavy atom. The van der Waals surface area contributed by atoms with Gasteiger partial charge in [0, 0.05) is 13.8 Å². The molecule has 0 spiro atoms. The van der Waals surface area contributed by atoms with Crippen molar-refractivity contribution in [3.05, 3.63) is 56.5 Å². The molecular formula is C14H11Br2NOS. The molecule has 0 fully saturated rings. The summed E-state index contributed by atoms with van der Waals surface area (Å²) in [6.07, 6.45) is 0. The van der Waals surface area contributed by atoms with Crippen LogP contribution in [0.4, 0.5) is 5.69 Å². The number of hydrogen-bond acceptors (Lipinski definition) is 2. The van der Waals surface area contributed by atoms with Crippen molar-refractivity contribution in [2.24, 2.45) is 0 Å². The lowest BCUT2D eigenvalue weighted by Crippen LogP contribution is -2.13. The highest BCUT2D eigenvalue weighted by Gasteiger charge is 2.11. The van der Waals surface area contributed by atoms with Gasteiger partial charge in [-0.25, -0.2) is 0 Å². The van der Waals surface area contributed by atoms with Crippen LogP contribution in [0.2, 0.25) is 0 Å². The van der Waals surface area contributed by atoms with Crippen LogP contribution < -0.4 is 5.32 Å². The van der Waals surface area contributed by atoms with Gasteiger partial charge in [-0.2, -0.15) is 0 Å². The van der Waals surface area contributed by atoms with E-state index in [1.807, 2.05) is 31.2 Å². The number of thiol groups is 1. The normalized spacial score (nSPS) is 10.3. The van der Waals surface area contributed by atoms with Crippen molar-refractivity contribution in [3.8, 4) is 0 Å². The Kier molecular flexibility index (Phi) is 4.71. The van der Waals surface area contributed by atoms with Crippen molar-refractivity contribution in [1.82, 2.24) is 0 Å². The summed E-state index contributed by atoms with van der Waals surface area (Å²) in [6.45, 7) is 2.00. The zero-order chi connectivity index (χ0) is 14.0. The SMILES string of the molecule is Cc1ccc(NC(=O)c2ccc(Br)cc2S)c(Br)c1. The fourth-order valence-corrected chi connectivity index (χ4v) is 3.05. The first-order valence-electron chi connectivity index (χ1n) is 5.53. The summed E-state index contributed by atoms with van der Waals surface area (Å²) in [4.78, 5) is 12.8. The second kappa shape index (κ2) is 6.11. The minimum Gasteiger partial charge on any atom is -0.321 e. The summed E-state index contributed by atoms with van der Waals surface area (Å²) in [5.74, 6) is -0.179. The molecule has 5 heteroatoms. The number of aryl methyl sites for hydroxylation is 1. The summed E-state index contributed by atoms with van der Waals surface area (Å²) in [5.41, 5.74) is 2.41.